The van der Waals surface area contributed by atoms with Crippen LogP contribution in [0.4, 0.5) is 0 Å². The molecule has 3 heteroatoms. The summed E-state index contributed by atoms with van der Waals surface area (Å²) in [6, 6.07) is 10.7. The molecule has 0 aliphatic heterocycles. The molecular formula is C14H14O3. The van der Waals surface area contributed by atoms with E-state index in [-0.39, 0.29) is 12.2 Å². The minimum Gasteiger partial charge on any atom is -0.467 e. The fourth-order valence-corrected chi connectivity index (χ4v) is 1.61. The van der Waals surface area contributed by atoms with Gasteiger partial charge in [-0.3, -0.25) is 4.79 Å². The molecule has 0 bridgehead atoms. The summed E-state index contributed by atoms with van der Waals surface area (Å²) in [5.41, 5.74) is 1.72. The number of aliphatic hydroxyl groups excluding tert-OH is 1. The van der Waals surface area contributed by atoms with E-state index in [1.165, 1.54) is 6.26 Å². The summed E-state index contributed by atoms with van der Waals surface area (Å²) < 4.78 is 5.05. The van der Waals surface area contributed by atoms with Crippen molar-refractivity contribution in [3.05, 3.63) is 59.5 Å². The summed E-state index contributed by atoms with van der Waals surface area (Å²) in [5.74, 6) is 0.333. The zero-order chi connectivity index (χ0) is 12.3. The van der Waals surface area contributed by atoms with E-state index in [1.807, 2.05) is 19.1 Å². The quantitative estimate of drug-likeness (QED) is 0.821. The number of rotatable bonds is 4. The number of benzene rings is 1. The highest BCUT2D eigenvalue weighted by atomic mass is 16.4. The van der Waals surface area contributed by atoms with Gasteiger partial charge in [-0.15, -0.1) is 0 Å². The lowest BCUT2D eigenvalue weighted by molar-refractivity contribution is 0.0844. The van der Waals surface area contributed by atoms with Gasteiger partial charge < -0.3 is 9.52 Å². The van der Waals surface area contributed by atoms with Gasteiger partial charge in [0.1, 0.15) is 11.9 Å². The van der Waals surface area contributed by atoms with Crippen LogP contribution in [0.1, 0.15) is 34.2 Å². The summed E-state index contributed by atoms with van der Waals surface area (Å²) in [4.78, 5) is 11.9. The molecule has 0 amide bonds. The normalized spacial score (nSPS) is 12.4. The number of carbonyl (C=O) groups is 1. The van der Waals surface area contributed by atoms with Crippen molar-refractivity contribution in [3.8, 4) is 0 Å². The third kappa shape index (κ3) is 2.82. The molecule has 1 atom stereocenters. The third-order valence-corrected chi connectivity index (χ3v) is 2.62. The Morgan fingerprint density at radius 2 is 2.00 bits per heavy atom. The molecule has 17 heavy (non-hydrogen) atoms. The first kappa shape index (κ1) is 11.6. The lowest BCUT2D eigenvalue weighted by atomic mass is 10.0. The van der Waals surface area contributed by atoms with E-state index < -0.39 is 6.10 Å². The van der Waals surface area contributed by atoms with Crippen molar-refractivity contribution < 1.29 is 14.3 Å². The predicted octanol–water partition coefficient (Wildman–Crippen LogP) is 2.89. The van der Waals surface area contributed by atoms with Gasteiger partial charge in [-0.2, -0.15) is 0 Å². The lowest BCUT2D eigenvalue weighted by Gasteiger charge is -2.06. The maximum Gasteiger partial charge on any atom is 0.165 e. The highest BCUT2D eigenvalue weighted by Gasteiger charge is 2.16. The molecule has 1 aromatic heterocycles. The highest BCUT2D eigenvalue weighted by molar-refractivity contribution is 5.96. The first-order valence-corrected chi connectivity index (χ1v) is 5.48. The van der Waals surface area contributed by atoms with E-state index in [2.05, 4.69) is 0 Å². The number of aliphatic hydroxyl groups is 1. The monoisotopic (exact) mass is 230 g/mol. The predicted molar refractivity (Wildman–Crippen MR) is 63.8 cm³/mol. The first-order chi connectivity index (χ1) is 8.16. The van der Waals surface area contributed by atoms with E-state index >= 15 is 0 Å². The molecule has 0 fully saturated rings. The van der Waals surface area contributed by atoms with Gasteiger partial charge in [-0.25, -0.2) is 0 Å². The van der Waals surface area contributed by atoms with E-state index in [0.717, 1.165) is 5.56 Å². The number of hydrogen-bond donors (Lipinski definition) is 1. The van der Waals surface area contributed by atoms with Gasteiger partial charge in [0.2, 0.25) is 0 Å². The molecule has 0 aliphatic rings. The first-order valence-electron chi connectivity index (χ1n) is 5.48. The summed E-state index contributed by atoms with van der Waals surface area (Å²) in [6.45, 7) is 1.96. The van der Waals surface area contributed by atoms with E-state index in [4.69, 9.17) is 4.42 Å². The van der Waals surface area contributed by atoms with Crippen LogP contribution in [0.5, 0.6) is 0 Å². The number of aryl methyl sites for hydroxylation is 1. The molecule has 2 aromatic rings. The van der Waals surface area contributed by atoms with Crippen LogP contribution >= 0.6 is 0 Å². The Balaban J connectivity index is 2.04. The number of furan rings is 1. The average molecular weight is 230 g/mol. The smallest absolute Gasteiger partial charge is 0.165 e. The molecular weight excluding hydrogens is 216 g/mol. The van der Waals surface area contributed by atoms with Crippen molar-refractivity contribution in [2.45, 2.75) is 19.4 Å². The molecule has 0 spiro atoms. The summed E-state index contributed by atoms with van der Waals surface area (Å²) in [7, 11) is 0. The van der Waals surface area contributed by atoms with Gasteiger partial charge >= 0.3 is 0 Å². The number of carbonyl (C=O) groups excluding carboxylic acids is 1. The van der Waals surface area contributed by atoms with E-state index in [9.17, 15) is 9.90 Å². The lowest BCUT2D eigenvalue weighted by Crippen LogP contribution is -2.06. The molecule has 1 aromatic carbocycles. The summed E-state index contributed by atoms with van der Waals surface area (Å²) >= 11 is 0. The Morgan fingerprint density at radius 3 is 2.59 bits per heavy atom. The van der Waals surface area contributed by atoms with Gasteiger partial charge in [0, 0.05) is 12.0 Å². The molecule has 1 heterocycles. The SMILES string of the molecule is Cc1ccc(C(=O)CC(O)c2ccco2)cc1. The van der Waals surface area contributed by atoms with Crippen LogP contribution in [0, 0.1) is 6.92 Å². The largest absolute Gasteiger partial charge is 0.467 e. The Hall–Kier alpha value is -1.87. The van der Waals surface area contributed by atoms with E-state index in [1.54, 1.807) is 24.3 Å². The molecule has 1 unspecified atom stereocenters. The average Bonchev–Trinajstić information content (AvgIpc) is 2.83. The van der Waals surface area contributed by atoms with E-state index in [0.29, 0.717) is 11.3 Å². The van der Waals surface area contributed by atoms with Gasteiger partial charge in [-0.05, 0) is 19.1 Å². The van der Waals surface area contributed by atoms with Crippen LogP contribution in [-0.4, -0.2) is 10.9 Å². The second-order valence-electron chi connectivity index (χ2n) is 4.02. The number of ketones is 1. The molecule has 88 valence electrons. The van der Waals surface area contributed by atoms with Crippen LogP contribution in [0.15, 0.2) is 47.1 Å². The number of Topliss-reactive ketones (excluding diaryl/α,β-unsaturated/α-hetero) is 1. The zero-order valence-electron chi connectivity index (χ0n) is 9.59. The zero-order valence-corrected chi connectivity index (χ0v) is 9.59. The maximum absolute atomic E-state index is 11.9. The Labute approximate surface area is 99.7 Å². The third-order valence-electron chi connectivity index (χ3n) is 2.62. The van der Waals surface area contributed by atoms with Crippen molar-refractivity contribution in [1.82, 2.24) is 0 Å². The van der Waals surface area contributed by atoms with Crippen LogP contribution in [0.2, 0.25) is 0 Å². The fourth-order valence-electron chi connectivity index (χ4n) is 1.61. The molecule has 0 saturated heterocycles. The van der Waals surface area contributed by atoms with Crippen LogP contribution in [0.25, 0.3) is 0 Å². The van der Waals surface area contributed by atoms with Crippen LogP contribution < -0.4 is 0 Å². The van der Waals surface area contributed by atoms with Crippen LogP contribution in [0.3, 0.4) is 0 Å². The molecule has 0 aliphatic carbocycles. The molecule has 0 radical (unpaired) electrons. The minimum atomic E-state index is -0.876. The van der Waals surface area contributed by atoms with Gasteiger partial charge in [0.15, 0.2) is 5.78 Å². The molecule has 0 saturated carbocycles. The Morgan fingerprint density at radius 1 is 1.29 bits per heavy atom. The maximum atomic E-state index is 11.9. The second-order valence-corrected chi connectivity index (χ2v) is 4.02. The van der Waals surface area contributed by atoms with Crippen molar-refractivity contribution in [1.29, 1.82) is 0 Å². The minimum absolute atomic E-state index is 0.0383. The Kier molecular flexibility index (Phi) is 3.40. The van der Waals surface area contributed by atoms with Gasteiger partial charge in [0.05, 0.1) is 6.26 Å². The second kappa shape index (κ2) is 4.97. The molecule has 1 N–H and O–H groups in total. The standard InChI is InChI=1S/C14H14O3/c1-10-4-6-11(7-5-10)12(15)9-13(16)14-3-2-8-17-14/h2-8,13,16H,9H2,1H3. The van der Waals surface area contributed by atoms with Gasteiger partial charge in [-0.1, -0.05) is 29.8 Å². The summed E-state index contributed by atoms with van der Waals surface area (Å²) in [5, 5.41) is 9.78. The van der Waals surface area contributed by atoms with Gasteiger partial charge in [0.25, 0.3) is 0 Å². The summed E-state index contributed by atoms with van der Waals surface area (Å²) in [6.07, 6.45) is 0.643. The van der Waals surface area contributed by atoms with Crippen molar-refractivity contribution in [2.75, 3.05) is 0 Å². The van der Waals surface area contributed by atoms with Crippen LogP contribution in [-0.2, 0) is 0 Å². The fraction of sp³-hybridized carbons (Fsp3) is 0.214. The number of hydrogen-bond acceptors (Lipinski definition) is 3. The van der Waals surface area contributed by atoms with Crippen molar-refractivity contribution >= 4 is 5.78 Å². The Bertz CT molecular complexity index is 483. The van der Waals surface area contributed by atoms with Crippen molar-refractivity contribution in [3.63, 3.8) is 0 Å². The highest BCUT2D eigenvalue weighted by Crippen LogP contribution is 2.19. The molecule has 2 rings (SSSR count). The topological polar surface area (TPSA) is 50.4 Å². The van der Waals surface area contributed by atoms with Crippen molar-refractivity contribution in [2.24, 2.45) is 0 Å². The molecule has 3 nitrogen and oxygen atoms in total.